The van der Waals surface area contributed by atoms with Crippen molar-refractivity contribution in [2.45, 2.75) is 31.8 Å². The highest BCUT2D eigenvalue weighted by Crippen LogP contribution is 2.44. The molecule has 2 aromatic rings. The summed E-state index contributed by atoms with van der Waals surface area (Å²) in [4.78, 5) is 27.1. The van der Waals surface area contributed by atoms with Crippen molar-refractivity contribution in [2.75, 3.05) is 19.7 Å². The molecule has 4 rings (SSSR count). The molecular formula is C24H23Cl2NO4. The number of piperidine rings is 1. The van der Waals surface area contributed by atoms with E-state index in [4.69, 9.17) is 32.7 Å². The molecular weight excluding hydrogens is 437 g/mol. The maximum absolute atomic E-state index is 12.7. The highest BCUT2D eigenvalue weighted by atomic mass is 35.5. The number of fused-ring (bicyclic) bond motifs is 1. The molecule has 0 bridgehead atoms. The Balaban J connectivity index is 1.39. The largest absolute Gasteiger partial charge is 0.494 e. The smallest absolute Gasteiger partial charge is 0.246 e. The van der Waals surface area contributed by atoms with Crippen LogP contribution >= 0.6 is 23.2 Å². The summed E-state index contributed by atoms with van der Waals surface area (Å²) in [7, 11) is 0. The number of amides is 1. The third-order valence-corrected chi connectivity index (χ3v) is 6.20. The molecule has 0 atom stereocenters. The van der Waals surface area contributed by atoms with Gasteiger partial charge in [-0.15, -0.1) is 0 Å². The van der Waals surface area contributed by atoms with Gasteiger partial charge in [-0.2, -0.15) is 0 Å². The summed E-state index contributed by atoms with van der Waals surface area (Å²) < 4.78 is 11.7. The molecule has 7 heteroatoms. The number of rotatable bonds is 4. The fourth-order valence-electron chi connectivity index (χ4n) is 4.04. The summed E-state index contributed by atoms with van der Waals surface area (Å²) in [5.41, 5.74) is 0.730. The summed E-state index contributed by atoms with van der Waals surface area (Å²) in [5.74, 6) is 1.12. The molecule has 0 saturated carbocycles. The standard InChI is InChI=1S/C24H23Cl2NO4/c1-2-30-18-6-3-16(4-7-18)5-8-22(29)27-11-9-24(10-12-27)15-21(28)19-13-17(25)14-20(26)23(19)31-24/h3-8,13-14H,2,9-12,15H2,1H3/b8-5+. The number of likely N-dealkylation sites (tertiary alicyclic amines) is 1. The second-order valence-electron chi connectivity index (χ2n) is 7.81. The van der Waals surface area contributed by atoms with Gasteiger partial charge in [-0.05, 0) is 42.8 Å². The Bertz CT molecular complexity index is 1020. The van der Waals surface area contributed by atoms with Crippen molar-refractivity contribution in [3.8, 4) is 11.5 Å². The highest BCUT2D eigenvalue weighted by Gasteiger charge is 2.44. The molecule has 0 unspecified atom stereocenters. The van der Waals surface area contributed by atoms with Crippen LogP contribution in [0, 0.1) is 0 Å². The van der Waals surface area contributed by atoms with E-state index in [-0.39, 0.29) is 18.1 Å². The molecule has 0 aromatic heterocycles. The third-order valence-electron chi connectivity index (χ3n) is 5.71. The zero-order valence-corrected chi connectivity index (χ0v) is 18.7. The van der Waals surface area contributed by atoms with Gasteiger partial charge in [0.05, 0.1) is 23.6 Å². The normalized spacial score (nSPS) is 17.5. The Morgan fingerprint density at radius 2 is 1.90 bits per heavy atom. The number of hydrogen-bond acceptors (Lipinski definition) is 4. The predicted octanol–water partition coefficient (Wildman–Crippen LogP) is 5.43. The molecule has 0 radical (unpaired) electrons. The van der Waals surface area contributed by atoms with Gasteiger partial charge in [0, 0.05) is 37.0 Å². The van der Waals surface area contributed by atoms with Gasteiger partial charge < -0.3 is 14.4 Å². The van der Waals surface area contributed by atoms with Gasteiger partial charge in [0.2, 0.25) is 5.91 Å². The predicted molar refractivity (Wildman–Crippen MR) is 121 cm³/mol. The Morgan fingerprint density at radius 3 is 2.58 bits per heavy atom. The van der Waals surface area contributed by atoms with Crippen LogP contribution in [0.1, 0.15) is 42.1 Å². The van der Waals surface area contributed by atoms with E-state index in [1.165, 1.54) is 0 Å². The number of ketones is 1. The molecule has 2 heterocycles. The van der Waals surface area contributed by atoms with Crippen LogP contribution in [0.4, 0.5) is 0 Å². The van der Waals surface area contributed by atoms with Gasteiger partial charge in [0.1, 0.15) is 17.1 Å². The molecule has 31 heavy (non-hydrogen) atoms. The molecule has 2 aliphatic rings. The first-order chi connectivity index (χ1) is 14.9. The van der Waals surface area contributed by atoms with Crippen LogP contribution in [0.5, 0.6) is 11.5 Å². The fourth-order valence-corrected chi connectivity index (χ4v) is 4.57. The topological polar surface area (TPSA) is 55.8 Å². The number of carbonyl (C=O) groups excluding carboxylic acids is 2. The first-order valence-electron chi connectivity index (χ1n) is 10.3. The number of nitrogens with zero attached hydrogens (tertiary/aromatic N) is 1. The fraction of sp³-hybridized carbons (Fsp3) is 0.333. The van der Waals surface area contributed by atoms with Crippen LogP contribution in [0.15, 0.2) is 42.5 Å². The van der Waals surface area contributed by atoms with E-state index in [1.807, 2.05) is 31.2 Å². The summed E-state index contributed by atoms with van der Waals surface area (Å²) in [5, 5.41) is 0.753. The quantitative estimate of drug-likeness (QED) is 0.571. The third kappa shape index (κ3) is 4.73. The van der Waals surface area contributed by atoms with E-state index >= 15 is 0 Å². The van der Waals surface area contributed by atoms with Crippen molar-refractivity contribution in [1.29, 1.82) is 0 Å². The van der Waals surface area contributed by atoms with E-state index in [2.05, 4.69) is 0 Å². The minimum Gasteiger partial charge on any atom is -0.494 e. The number of Topliss-reactive ketones (excluding diaryl/α,β-unsaturated/α-hetero) is 1. The Labute approximate surface area is 191 Å². The lowest BCUT2D eigenvalue weighted by atomic mass is 9.82. The van der Waals surface area contributed by atoms with Crippen molar-refractivity contribution in [3.05, 3.63) is 63.6 Å². The maximum atomic E-state index is 12.7. The summed E-state index contributed by atoms with van der Waals surface area (Å²) in [6, 6.07) is 10.8. The molecule has 0 N–H and O–H groups in total. The maximum Gasteiger partial charge on any atom is 0.246 e. The van der Waals surface area contributed by atoms with Gasteiger partial charge >= 0.3 is 0 Å². The minimum atomic E-state index is -0.628. The Hall–Kier alpha value is -2.50. The number of ether oxygens (including phenoxy) is 2. The van der Waals surface area contributed by atoms with Crippen LogP contribution in [0.25, 0.3) is 6.08 Å². The van der Waals surface area contributed by atoms with Gasteiger partial charge in [0.25, 0.3) is 0 Å². The molecule has 162 valence electrons. The minimum absolute atomic E-state index is 0.0270. The van der Waals surface area contributed by atoms with Gasteiger partial charge in [-0.25, -0.2) is 0 Å². The molecule has 1 saturated heterocycles. The molecule has 2 aromatic carbocycles. The Morgan fingerprint density at radius 1 is 1.19 bits per heavy atom. The van der Waals surface area contributed by atoms with E-state index < -0.39 is 5.60 Å². The van der Waals surface area contributed by atoms with Gasteiger partial charge in [0.15, 0.2) is 5.78 Å². The first-order valence-corrected chi connectivity index (χ1v) is 11.1. The van der Waals surface area contributed by atoms with Gasteiger partial charge in [-0.1, -0.05) is 35.3 Å². The monoisotopic (exact) mass is 459 g/mol. The number of halogens is 2. The second kappa shape index (κ2) is 8.93. The van der Waals surface area contributed by atoms with Crippen LogP contribution in [0.3, 0.4) is 0 Å². The van der Waals surface area contributed by atoms with Crippen LogP contribution in [-0.2, 0) is 4.79 Å². The molecule has 1 spiro atoms. The first kappa shape index (κ1) is 21.7. The van der Waals surface area contributed by atoms with E-state index in [9.17, 15) is 9.59 Å². The molecule has 2 aliphatic heterocycles. The van der Waals surface area contributed by atoms with Crippen molar-refractivity contribution >= 4 is 41.0 Å². The van der Waals surface area contributed by atoms with Crippen molar-refractivity contribution in [3.63, 3.8) is 0 Å². The van der Waals surface area contributed by atoms with E-state index in [0.29, 0.717) is 53.9 Å². The average Bonchev–Trinajstić information content (AvgIpc) is 2.75. The van der Waals surface area contributed by atoms with Gasteiger partial charge in [-0.3, -0.25) is 9.59 Å². The van der Waals surface area contributed by atoms with Crippen LogP contribution in [-0.4, -0.2) is 41.9 Å². The second-order valence-corrected chi connectivity index (χ2v) is 8.65. The summed E-state index contributed by atoms with van der Waals surface area (Å²) in [6.07, 6.45) is 4.78. The molecule has 5 nitrogen and oxygen atoms in total. The van der Waals surface area contributed by atoms with Crippen molar-refractivity contribution < 1.29 is 19.1 Å². The average molecular weight is 460 g/mol. The lowest BCUT2D eigenvalue weighted by Crippen LogP contribution is -2.52. The summed E-state index contributed by atoms with van der Waals surface area (Å²) >= 11 is 12.3. The van der Waals surface area contributed by atoms with Crippen molar-refractivity contribution in [2.24, 2.45) is 0 Å². The van der Waals surface area contributed by atoms with Crippen molar-refractivity contribution in [1.82, 2.24) is 4.90 Å². The molecule has 0 aliphatic carbocycles. The number of carbonyl (C=O) groups is 2. The van der Waals surface area contributed by atoms with Crippen LogP contribution < -0.4 is 9.47 Å². The SMILES string of the molecule is CCOc1ccc(/C=C/C(=O)N2CCC3(CC2)CC(=O)c2cc(Cl)cc(Cl)c2O3)cc1. The lowest BCUT2D eigenvalue weighted by molar-refractivity contribution is -0.129. The molecule has 1 amide bonds. The highest BCUT2D eigenvalue weighted by molar-refractivity contribution is 6.36. The van der Waals surface area contributed by atoms with Crippen LogP contribution in [0.2, 0.25) is 10.0 Å². The lowest BCUT2D eigenvalue weighted by Gasteiger charge is -2.44. The van der Waals surface area contributed by atoms with E-state index in [1.54, 1.807) is 29.2 Å². The zero-order valence-electron chi connectivity index (χ0n) is 17.2. The number of hydrogen-bond donors (Lipinski definition) is 0. The zero-order chi connectivity index (χ0) is 22.0. The Kier molecular flexibility index (Phi) is 6.26. The number of benzene rings is 2. The summed E-state index contributed by atoms with van der Waals surface area (Å²) in [6.45, 7) is 3.58. The van der Waals surface area contributed by atoms with E-state index in [0.717, 1.165) is 11.3 Å². The molecule has 1 fully saturated rings.